The summed E-state index contributed by atoms with van der Waals surface area (Å²) in [6, 6.07) is 10.4. The van der Waals surface area contributed by atoms with Crippen molar-refractivity contribution in [1.29, 1.82) is 0 Å². The average Bonchev–Trinajstić information content (AvgIpc) is 3.22. The number of rotatable bonds is 4. The van der Waals surface area contributed by atoms with Gasteiger partial charge in [-0.3, -0.25) is 4.79 Å². The highest BCUT2D eigenvalue weighted by molar-refractivity contribution is 7.17. The van der Waals surface area contributed by atoms with Crippen LogP contribution in [0.4, 0.5) is 5.69 Å². The lowest BCUT2D eigenvalue weighted by Crippen LogP contribution is -2.21. The van der Waals surface area contributed by atoms with Crippen LogP contribution in [0, 0.1) is 6.57 Å². The van der Waals surface area contributed by atoms with Crippen LogP contribution in [-0.4, -0.2) is 10.9 Å². The van der Waals surface area contributed by atoms with Gasteiger partial charge in [-0.05, 0) is 12.1 Å². The molecule has 114 valence electrons. The van der Waals surface area contributed by atoms with E-state index in [1.807, 2.05) is 0 Å². The summed E-state index contributed by atoms with van der Waals surface area (Å²) in [6.45, 7) is 7.12. The summed E-state index contributed by atoms with van der Waals surface area (Å²) >= 11 is 7.02. The maximum absolute atomic E-state index is 11.9. The fourth-order valence-corrected chi connectivity index (χ4v) is 2.87. The molecule has 1 aromatic carbocycles. The van der Waals surface area contributed by atoms with Crippen molar-refractivity contribution in [3.8, 4) is 11.3 Å². The highest BCUT2D eigenvalue weighted by atomic mass is 35.5. The van der Waals surface area contributed by atoms with E-state index in [-0.39, 0.29) is 12.5 Å². The van der Waals surface area contributed by atoms with Gasteiger partial charge in [-0.2, -0.15) is 0 Å². The van der Waals surface area contributed by atoms with Gasteiger partial charge < -0.3 is 9.73 Å². The van der Waals surface area contributed by atoms with Gasteiger partial charge >= 0.3 is 0 Å². The number of benzene rings is 1. The monoisotopic (exact) mass is 343 g/mol. The van der Waals surface area contributed by atoms with Gasteiger partial charge in [0, 0.05) is 5.56 Å². The number of nitrogens with one attached hydrogen (secondary N) is 1. The van der Waals surface area contributed by atoms with Gasteiger partial charge in [0.15, 0.2) is 5.69 Å². The highest BCUT2D eigenvalue weighted by Gasteiger charge is 2.11. The quantitative estimate of drug-likeness (QED) is 0.707. The Bertz CT molecular complexity index is 877. The molecule has 0 unspecified atom stereocenters. The molecule has 0 radical (unpaired) electrons. The van der Waals surface area contributed by atoms with Crippen molar-refractivity contribution in [2.75, 3.05) is 0 Å². The number of hydrogen-bond acceptors (Lipinski definition) is 4. The van der Waals surface area contributed by atoms with E-state index in [9.17, 15) is 4.79 Å². The number of carbonyl (C=O) groups is 1. The number of hydrogen-bond donors (Lipinski definition) is 1. The second kappa shape index (κ2) is 6.65. The number of carbonyl (C=O) groups excluding carboxylic acids is 1. The molecule has 3 aromatic rings. The Labute approximate surface area is 141 Å². The molecule has 0 fully saturated rings. The number of aromatic nitrogens is 1. The summed E-state index contributed by atoms with van der Waals surface area (Å²) in [5, 5.41) is 2.73. The summed E-state index contributed by atoms with van der Waals surface area (Å²) in [5.74, 6) is 0.188. The molecule has 0 aliphatic rings. The van der Waals surface area contributed by atoms with Crippen LogP contribution < -0.4 is 5.32 Å². The zero-order valence-corrected chi connectivity index (χ0v) is 13.3. The molecule has 2 aromatic heterocycles. The van der Waals surface area contributed by atoms with Gasteiger partial charge in [0.2, 0.25) is 5.89 Å². The second-order valence-electron chi connectivity index (χ2n) is 4.57. The summed E-state index contributed by atoms with van der Waals surface area (Å²) in [4.78, 5) is 20.1. The van der Waals surface area contributed by atoms with Gasteiger partial charge in [-0.25, -0.2) is 9.83 Å². The third-order valence-corrected chi connectivity index (χ3v) is 4.27. The zero-order valence-electron chi connectivity index (χ0n) is 11.7. The third-order valence-electron chi connectivity index (χ3n) is 3.04. The Hall–Kier alpha value is -2.62. The lowest BCUT2D eigenvalue weighted by Gasteiger charge is -1.99. The van der Waals surface area contributed by atoms with E-state index in [1.165, 1.54) is 17.6 Å². The first-order valence-corrected chi connectivity index (χ1v) is 7.81. The molecule has 7 heteroatoms. The normalized spacial score (nSPS) is 10.3. The van der Waals surface area contributed by atoms with Gasteiger partial charge in [-0.1, -0.05) is 35.9 Å². The maximum atomic E-state index is 11.9. The van der Waals surface area contributed by atoms with Crippen molar-refractivity contribution >= 4 is 34.5 Å². The van der Waals surface area contributed by atoms with Crippen LogP contribution >= 0.6 is 22.9 Å². The fraction of sp³-hybridized carbons (Fsp3) is 0.0625. The minimum absolute atomic E-state index is 0.189. The van der Waals surface area contributed by atoms with Gasteiger partial charge in [0.05, 0.1) is 22.3 Å². The molecule has 0 spiro atoms. The molecule has 1 amide bonds. The predicted molar refractivity (Wildman–Crippen MR) is 88.7 cm³/mol. The van der Waals surface area contributed by atoms with Crippen molar-refractivity contribution in [2.24, 2.45) is 0 Å². The van der Waals surface area contributed by atoms with Gasteiger partial charge in [-0.15, -0.1) is 11.3 Å². The molecule has 1 N–H and O–H groups in total. The topological polar surface area (TPSA) is 59.5 Å². The summed E-state index contributed by atoms with van der Waals surface area (Å²) in [5.41, 5.74) is 2.08. The fourth-order valence-electron chi connectivity index (χ4n) is 1.91. The van der Waals surface area contributed by atoms with E-state index >= 15 is 0 Å². The zero-order chi connectivity index (χ0) is 16.2. The Morgan fingerprint density at radius 1 is 1.30 bits per heavy atom. The molecule has 0 saturated carbocycles. The Balaban J connectivity index is 1.65. The summed E-state index contributed by atoms with van der Waals surface area (Å²) < 4.78 is 5.92. The Morgan fingerprint density at radius 2 is 2.09 bits per heavy atom. The maximum Gasteiger partial charge on any atom is 0.261 e. The SMILES string of the molecule is [C-]#[N+]c1ccc(-c2coc(CNC(=O)c3ccc(Cl)s3)n2)cc1. The third kappa shape index (κ3) is 3.59. The molecule has 0 saturated heterocycles. The lowest BCUT2D eigenvalue weighted by atomic mass is 10.1. The molecule has 0 aliphatic heterocycles. The number of halogens is 1. The number of thiophene rings is 1. The highest BCUT2D eigenvalue weighted by Crippen LogP contribution is 2.23. The van der Waals surface area contributed by atoms with Crippen LogP contribution in [0.3, 0.4) is 0 Å². The number of amides is 1. The largest absolute Gasteiger partial charge is 0.446 e. The van der Waals surface area contributed by atoms with Crippen molar-refractivity contribution < 1.29 is 9.21 Å². The Morgan fingerprint density at radius 3 is 2.74 bits per heavy atom. The minimum Gasteiger partial charge on any atom is -0.446 e. The van der Waals surface area contributed by atoms with Crippen molar-refractivity contribution in [3.63, 3.8) is 0 Å². The van der Waals surface area contributed by atoms with E-state index < -0.39 is 0 Å². The predicted octanol–water partition coefficient (Wildman–Crippen LogP) is 4.54. The van der Waals surface area contributed by atoms with E-state index in [4.69, 9.17) is 22.6 Å². The lowest BCUT2D eigenvalue weighted by molar-refractivity contribution is 0.0951. The Kier molecular flexibility index (Phi) is 4.42. The van der Waals surface area contributed by atoms with E-state index in [2.05, 4.69) is 15.1 Å². The summed E-state index contributed by atoms with van der Waals surface area (Å²) in [6.07, 6.45) is 1.52. The minimum atomic E-state index is -0.219. The first-order valence-electron chi connectivity index (χ1n) is 6.61. The van der Waals surface area contributed by atoms with Crippen LogP contribution in [0.15, 0.2) is 47.1 Å². The molecule has 0 bridgehead atoms. The molecule has 23 heavy (non-hydrogen) atoms. The molecule has 0 aliphatic carbocycles. The molecule has 3 rings (SSSR count). The molecule has 0 atom stereocenters. The molecular formula is C16H10ClN3O2S. The van der Waals surface area contributed by atoms with Crippen molar-refractivity contribution in [1.82, 2.24) is 10.3 Å². The standard InChI is InChI=1S/C16H10ClN3O2S/c1-18-11-4-2-10(3-5-11)12-9-22-15(20-12)8-19-16(21)13-6-7-14(17)23-13/h2-7,9H,8H2,(H,19,21). The van der Waals surface area contributed by atoms with Crippen molar-refractivity contribution in [3.05, 3.63) is 69.2 Å². The first-order chi connectivity index (χ1) is 11.2. The molecular weight excluding hydrogens is 334 g/mol. The number of nitrogens with zero attached hydrogens (tertiary/aromatic N) is 2. The van der Waals surface area contributed by atoms with E-state index in [0.717, 1.165) is 5.56 Å². The van der Waals surface area contributed by atoms with Crippen LogP contribution in [0.1, 0.15) is 15.6 Å². The van der Waals surface area contributed by atoms with Crippen LogP contribution in [0.25, 0.3) is 16.1 Å². The van der Waals surface area contributed by atoms with Crippen LogP contribution in [-0.2, 0) is 6.54 Å². The first kappa shape index (κ1) is 15.3. The smallest absolute Gasteiger partial charge is 0.261 e. The van der Waals surface area contributed by atoms with Crippen molar-refractivity contribution in [2.45, 2.75) is 6.54 Å². The summed E-state index contributed by atoms with van der Waals surface area (Å²) in [7, 11) is 0. The molecule has 2 heterocycles. The van der Waals surface area contributed by atoms with Crippen LogP contribution in [0.2, 0.25) is 4.34 Å². The number of oxazole rings is 1. The van der Waals surface area contributed by atoms with E-state index in [1.54, 1.807) is 36.4 Å². The van der Waals surface area contributed by atoms with Crippen LogP contribution in [0.5, 0.6) is 0 Å². The molecule has 5 nitrogen and oxygen atoms in total. The average molecular weight is 344 g/mol. The van der Waals surface area contributed by atoms with Gasteiger partial charge in [0.25, 0.3) is 5.91 Å². The second-order valence-corrected chi connectivity index (χ2v) is 6.29. The van der Waals surface area contributed by atoms with E-state index in [0.29, 0.717) is 26.5 Å². The van der Waals surface area contributed by atoms with Gasteiger partial charge in [0.1, 0.15) is 12.0 Å².